The average Bonchev–Trinajstić information content (AvgIpc) is 2.35. The number of thioether (sulfide) groups is 2. The van der Waals surface area contributed by atoms with Crippen molar-refractivity contribution < 1.29 is 0 Å². The van der Waals surface area contributed by atoms with Crippen molar-refractivity contribution in [1.29, 1.82) is 0 Å². The van der Waals surface area contributed by atoms with E-state index in [2.05, 4.69) is 42.4 Å². The molecule has 0 fully saturated rings. The van der Waals surface area contributed by atoms with E-state index in [1.54, 1.807) is 11.8 Å². The van der Waals surface area contributed by atoms with Gasteiger partial charge in [-0.3, -0.25) is 0 Å². The Morgan fingerprint density at radius 1 is 1.43 bits per heavy atom. The standard InChI is InChI=1S/C11H13NS2/c1-8-7-11(13-2)12-9-5-3-4-6-10(9)14-8/h3-6,8H,7H2,1-2H3. The van der Waals surface area contributed by atoms with Crippen molar-refractivity contribution >= 4 is 34.3 Å². The molecule has 74 valence electrons. The number of rotatable bonds is 0. The van der Waals surface area contributed by atoms with Crippen LogP contribution in [0, 0.1) is 0 Å². The number of fused-ring (bicyclic) bond motifs is 1. The number of benzene rings is 1. The van der Waals surface area contributed by atoms with E-state index in [4.69, 9.17) is 0 Å². The predicted octanol–water partition coefficient (Wildman–Crippen LogP) is 3.96. The van der Waals surface area contributed by atoms with E-state index >= 15 is 0 Å². The smallest absolute Gasteiger partial charge is 0.0775 e. The first-order valence-electron chi connectivity index (χ1n) is 4.67. The van der Waals surface area contributed by atoms with Crippen molar-refractivity contribution in [2.45, 2.75) is 23.5 Å². The van der Waals surface area contributed by atoms with Crippen molar-refractivity contribution in [1.82, 2.24) is 0 Å². The van der Waals surface area contributed by atoms with E-state index in [1.165, 1.54) is 9.94 Å². The van der Waals surface area contributed by atoms with Gasteiger partial charge in [0, 0.05) is 16.6 Å². The molecule has 0 N–H and O–H groups in total. The summed E-state index contributed by atoms with van der Waals surface area (Å²) < 4.78 is 0. The SMILES string of the molecule is CSC1=Nc2ccccc2SC(C)C1. The first-order chi connectivity index (χ1) is 6.79. The van der Waals surface area contributed by atoms with Crippen LogP contribution in [-0.4, -0.2) is 16.5 Å². The van der Waals surface area contributed by atoms with Crippen molar-refractivity contribution in [2.24, 2.45) is 4.99 Å². The van der Waals surface area contributed by atoms with Gasteiger partial charge < -0.3 is 0 Å². The van der Waals surface area contributed by atoms with Crippen molar-refractivity contribution in [3.63, 3.8) is 0 Å². The maximum absolute atomic E-state index is 4.67. The molecule has 0 aliphatic carbocycles. The number of nitrogens with zero attached hydrogens (tertiary/aromatic N) is 1. The number of para-hydroxylation sites is 1. The van der Waals surface area contributed by atoms with Gasteiger partial charge in [0.15, 0.2) is 0 Å². The van der Waals surface area contributed by atoms with Crippen LogP contribution in [0.1, 0.15) is 13.3 Å². The molecule has 3 heteroatoms. The third kappa shape index (κ3) is 2.15. The Bertz CT molecular complexity index is 360. The van der Waals surface area contributed by atoms with Gasteiger partial charge >= 0.3 is 0 Å². The zero-order valence-corrected chi connectivity index (χ0v) is 9.99. The Morgan fingerprint density at radius 3 is 3.00 bits per heavy atom. The molecule has 0 saturated carbocycles. The summed E-state index contributed by atoms with van der Waals surface area (Å²) in [7, 11) is 0. The monoisotopic (exact) mass is 223 g/mol. The maximum atomic E-state index is 4.67. The summed E-state index contributed by atoms with van der Waals surface area (Å²) in [6, 6.07) is 8.38. The molecule has 0 radical (unpaired) electrons. The minimum atomic E-state index is 0.629. The molecule has 1 atom stereocenters. The molecule has 0 bridgehead atoms. The summed E-state index contributed by atoms with van der Waals surface area (Å²) in [6.07, 6.45) is 3.19. The topological polar surface area (TPSA) is 12.4 Å². The molecule has 1 aliphatic rings. The molecule has 1 aliphatic heterocycles. The van der Waals surface area contributed by atoms with Crippen LogP contribution >= 0.6 is 23.5 Å². The molecule has 1 unspecified atom stereocenters. The van der Waals surface area contributed by atoms with Gasteiger partial charge in [0.2, 0.25) is 0 Å². The Balaban J connectivity index is 2.42. The minimum Gasteiger partial charge on any atom is -0.245 e. The molecule has 0 spiro atoms. The molecule has 2 rings (SSSR count). The van der Waals surface area contributed by atoms with Crippen LogP contribution < -0.4 is 0 Å². The maximum Gasteiger partial charge on any atom is 0.0775 e. The van der Waals surface area contributed by atoms with Gasteiger partial charge in [-0.15, -0.1) is 23.5 Å². The highest BCUT2D eigenvalue weighted by Crippen LogP contribution is 2.37. The molecule has 0 aromatic heterocycles. The number of hydrogen-bond acceptors (Lipinski definition) is 3. The highest BCUT2D eigenvalue weighted by Gasteiger charge is 2.15. The summed E-state index contributed by atoms with van der Waals surface area (Å²) in [5.41, 5.74) is 1.13. The molecule has 0 saturated heterocycles. The van der Waals surface area contributed by atoms with Crippen LogP contribution in [0.25, 0.3) is 0 Å². The van der Waals surface area contributed by atoms with E-state index < -0.39 is 0 Å². The van der Waals surface area contributed by atoms with Gasteiger partial charge in [-0.25, -0.2) is 4.99 Å². The summed E-state index contributed by atoms with van der Waals surface area (Å²) in [5, 5.41) is 1.87. The van der Waals surface area contributed by atoms with Gasteiger partial charge in [0.05, 0.1) is 10.7 Å². The van der Waals surface area contributed by atoms with E-state index in [-0.39, 0.29) is 0 Å². The third-order valence-electron chi connectivity index (χ3n) is 2.14. The van der Waals surface area contributed by atoms with E-state index in [1.807, 2.05) is 11.8 Å². The molecule has 1 aromatic rings. The van der Waals surface area contributed by atoms with E-state index in [9.17, 15) is 0 Å². The highest BCUT2D eigenvalue weighted by atomic mass is 32.2. The highest BCUT2D eigenvalue weighted by molar-refractivity contribution is 8.13. The fourth-order valence-electron chi connectivity index (χ4n) is 1.46. The van der Waals surface area contributed by atoms with Gasteiger partial charge in [-0.05, 0) is 18.4 Å². The second-order valence-electron chi connectivity index (χ2n) is 3.31. The van der Waals surface area contributed by atoms with Gasteiger partial charge in [-0.2, -0.15) is 0 Å². The lowest BCUT2D eigenvalue weighted by atomic mass is 10.3. The summed E-state index contributed by atoms with van der Waals surface area (Å²) in [4.78, 5) is 5.98. The number of hydrogen-bond donors (Lipinski definition) is 0. The van der Waals surface area contributed by atoms with Gasteiger partial charge in [0.25, 0.3) is 0 Å². The number of aliphatic imine (C=N–C) groups is 1. The Morgan fingerprint density at radius 2 is 2.21 bits per heavy atom. The lowest BCUT2D eigenvalue weighted by molar-refractivity contribution is 1.03. The van der Waals surface area contributed by atoms with Crippen LogP contribution in [0.2, 0.25) is 0 Å². The Kier molecular flexibility index (Phi) is 3.19. The van der Waals surface area contributed by atoms with Crippen molar-refractivity contribution in [3.05, 3.63) is 24.3 Å². The molecule has 1 nitrogen and oxygen atoms in total. The van der Waals surface area contributed by atoms with E-state index in [0.29, 0.717) is 5.25 Å². The second kappa shape index (κ2) is 4.41. The molecular formula is C11H13NS2. The van der Waals surface area contributed by atoms with E-state index in [0.717, 1.165) is 12.1 Å². The Labute approximate surface area is 93.4 Å². The van der Waals surface area contributed by atoms with Crippen LogP contribution in [-0.2, 0) is 0 Å². The molecular weight excluding hydrogens is 210 g/mol. The zero-order valence-electron chi connectivity index (χ0n) is 8.36. The third-order valence-corrected chi connectivity index (χ3v) is 4.03. The first-order valence-corrected chi connectivity index (χ1v) is 6.77. The fourth-order valence-corrected chi connectivity index (χ4v) is 3.24. The summed E-state index contributed by atoms with van der Waals surface area (Å²) >= 11 is 3.69. The first kappa shape index (κ1) is 10.1. The van der Waals surface area contributed by atoms with Crippen molar-refractivity contribution in [2.75, 3.05) is 6.26 Å². The largest absolute Gasteiger partial charge is 0.245 e. The normalized spacial score (nSPS) is 21.0. The second-order valence-corrected chi connectivity index (χ2v) is 5.67. The lowest BCUT2D eigenvalue weighted by Crippen LogP contribution is -2.00. The molecule has 14 heavy (non-hydrogen) atoms. The fraction of sp³-hybridized carbons (Fsp3) is 0.364. The molecule has 1 aromatic carbocycles. The van der Waals surface area contributed by atoms with Crippen molar-refractivity contribution in [3.8, 4) is 0 Å². The van der Waals surface area contributed by atoms with Gasteiger partial charge in [-0.1, -0.05) is 19.1 Å². The van der Waals surface area contributed by atoms with Gasteiger partial charge in [0.1, 0.15) is 0 Å². The minimum absolute atomic E-state index is 0.629. The molecule has 1 heterocycles. The predicted molar refractivity (Wildman–Crippen MR) is 67.0 cm³/mol. The van der Waals surface area contributed by atoms with Crippen LogP contribution in [0.4, 0.5) is 5.69 Å². The van der Waals surface area contributed by atoms with Crippen LogP contribution in [0.3, 0.4) is 0 Å². The Hall–Kier alpha value is -0.410. The summed E-state index contributed by atoms with van der Waals surface area (Å²) in [5.74, 6) is 0. The quantitative estimate of drug-likeness (QED) is 0.660. The summed E-state index contributed by atoms with van der Waals surface area (Å²) in [6.45, 7) is 2.26. The molecule has 0 amide bonds. The van der Waals surface area contributed by atoms with Crippen LogP contribution in [0.15, 0.2) is 34.2 Å². The average molecular weight is 223 g/mol. The lowest BCUT2D eigenvalue weighted by Gasteiger charge is -2.07. The van der Waals surface area contributed by atoms with Crippen LogP contribution in [0.5, 0.6) is 0 Å². The zero-order chi connectivity index (χ0) is 9.97.